The van der Waals surface area contributed by atoms with Gasteiger partial charge >= 0.3 is 18.3 Å². The maximum absolute atomic E-state index is 15.1. The zero-order chi connectivity index (χ0) is 27.5. The van der Waals surface area contributed by atoms with E-state index < -0.39 is 47.3 Å². The van der Waals surface area contributed by atoms with Gasteiger partial charge in [-0.25, -0.2) is 4.39 Å². The average molecular weight is 527 g/mol. The maximum atomic E-state index is 15.1. The molecule has 0 spiro atoms. The number of hydrogen-bond acceptors (Lipinski definition) is 2. The molecule has 0 amide bonds. The van der Waals surface area contributed by atoms with Gasteiger partial charge in [-0.3, -0.25) is 9.69 Å². The number of nitrogens with zero attached hydrogens (tertiary/aromatic N) is 1. The van der Waals surface area contributed by atoms with Crippen LogP contribution in [0.3, 0.4) is 0 Å². The zero-order valence-corrected chi connectivity index (χ0v) is 19.8. The van der Waals surface area contributed by atoms with Gasteiger partial charge in [-0.15, -0.1) is 0 Å². The average Bonchev–Trinajstić information content (AvgIpc) is 2.78. The number of rotatable bonds is 5. The van der Waals surface area contributed by atoms with E-state index in [9.17, 15) is 36.2 Å². The van der Waals surface area contributed by atoms with E-state index in [0.29, 0.717) is 23.6 Å². The van der Waals surface area contributed by atoms with E-state index in [1.165, 1.54) is 12.1 Å². The number of alkyl halides is 6. The van der Waals surface area contributed by atoms with Gasteiger partial charge in [-0.2, -0.15) is 26.3 Å². The molecule has 2 aromatic rings. The fourth-order valence-electron chi connectivity index (χ4n) is 4.48. The number of allylic oxidation sites excluding steroid dienone is 1. The Balaban J connectivity index is 2.09. The molecule has 1 saturated heterocycles. The summed E-state index contributed by atoms with van der Waals surface area (Å²) in [4.78, 5) is 13.0. The molecule has 0 aliphatic carbocycles. The molecule has 37 heavy (non-hydrogen) atoms. The van der Waals surface area contributed by atoms with Crippen molar-refractivity contribution in [1.29, 1.82) is 0 Å². The highest BCUT2D eigenvalue weighted by Gasteiger charge is 2.38. The lowest BCUT2D eigenvalue weighted by Gasteiger charge is -2.42. The lowest BCUT2D eigenvalue weighted by Crippen LogP contribution is -2.40. The molecular formula is C27H24F7NO2. The Morgan fingerprint density at radius 2 is 1.68 bits per heavy atom. The largest absolute Gasteiger partial charge is 0.481 e. The number of halogens is 7. The molecule has 1 fully saturated rings. The Labute approximate surface area is 209 Å². The molecule has 1 aliphatic rings. The highest BCUT2D eigenvalue weighted by molar-refractivity contribution is 5.67. The summed E-state index contributed by atoms with van der Waals surface area (Å²) >= 11 is 0. The third-order valence-corrected chi connectivity index (χ3v) is 6.21. The van der Waals surface area contributed by atoms with Crippen LogP contribution in [0.2, 0.25) is 0 Å². The van der Waals surface area contributed by atoms with E-state index in [1.54, 1.807) is 11.8 Å². The van der Waals surface area contributed by atoms with Gasteiger partial charge in [0.25, 0.3) is 0 Å². The monoisotopic (exact) mass is 527 g/mol. The number of piperidine rings is 1. The smallest absolute Gasteiger partial charge is 0.416 e. The predicted octanol–water partition coefficient (Wildman–Crippen LogP) is 7.41. The zero-order valence-electron chi connectivity index (χ0n) is 19.8. The third-order valence-electron chi connectivity index (χ3n) is 6.21. The predicted molar refractivity (Wildman–Crippen MR) is 123 cm³/mol. The number of benzene rings is 2. The minimum absolute atomic E-state index is 0.0721. The molecule has 0 saturated carbocycles. The Kier molecular flexibility index (Phi) is 8.38. The Hall–Kier alpha value is -3.32. The van der Waals surface area contributed by atoms with Gasteiger partial charge in [-0.05, 0) is 61.1 Å². The van der Waals surface area contributed by atoms with E-state index in [2.05, 4.69) is 18.4 Å². The molecule has 198 valence electrons. The summed E-state index contributed by atoms with van der Waals surface area (Å²) < 4.78 is 93.7. The van der Waals surface area contributed by atoms with Crippen molar-refractivity contribution in [2.45, 2.75) is 50.6 Å². The van der Waals surface area contributed by atoms with Crippen molar-refractivity contribution in [2.75, 3.05) is 6.54 Å². The van der Waals surface area contributed by atoms with E-state index in [4.69, 9.17) is 0 Å². The van der Waals surface area contributed by atoms with Crippen molar-refractivity contribution in [2.24, 2.45) is 5.92 Å². The van der Waals surface area contributed by atoms with Gasteiger partial charge in [-0.1, -0.05) is 36.6 Å². The van der Waals surface area contributed by atoms with Crippen LogP contribution < -0.4 is 0 Å². The summed E-state index contributed by atoms with van der Waals surface area (Å²) in [5.74, 6) is 3.19. The summed E-state index contributed by atoms with van der Waals surface area (Å²) in [6, 6.07) is 4.75. The molecule has 3 atom stereocenters. The Bertz CT molecular complexity index is 1210. The molecule has 0 bridgehead atoms. The lowest BCUT2D eigenvalue weighted by atomic mass is 9.83. The van der Waals surface area contributed by atoms with Crippen LogP contribution in [0.1, 0.15) is 60.5 Å². The van der Waals surface area contributed by atoms with Gasteiger partial charge in [0.2, 0.25) is 0 Å². The van der Waals surface area contributed by atoms with Gasteiger partial charge in [0.15, 0.2) is 0 Å². The molecule has 1 aliphatic heterocycles. The quantitative estimate of drug-likeness (QED) is 0.325. The van der Waals surface area contributed by atoms with Crippen molar-refractivity contribution in [3.8, 4) is 11.8 Å². The van der Waals surface area contributed by atoms with Crippen LogP contribution in [0.25, 0.3) is 0 Å². The molecule has 0 aromatic heterocycles. The molecule has 0 radical (unpaired) electrons. The standard InChI is InChI=1S/C27H24F7NO2/c1-16(2)3-10-23(18-4-6-19(7-5-18)26(29,30)31)35-12-11-17(14-25(36)37)13-24(35)21-9-8-20(15-22(21)28)27(32,33)34/h4-9,15,17,23-24H,1,11-14H2,2H3,(H,36,37)/t17-,23-,24+/m1/s1. The molecule has 3 nitrogen and oxygen atoms in total. The first-order valence-electron chi connectivity index (χ1n) is 11.3. The van der Waals surface area contributed by atoms with E-state index in [-0.39, 0.29) is 30.9 Å². The van der Waals surface area contributed by atoms with Crippen LogP contribution in [-0.2, 0) is 17.1 Å². The first kappa shape index (κ1) is 28.3. The second-order valence-corrected chi connectivity index (χ2v) is 9.05. The van der Waals surface area contributed by atoms with Gasteiger partial charge in [0, 0.05) is 24.6 Å². The lowest BCUT2D eigenvalue weighted by molar-refractivity contribution is -0.139. The molecule has 10 heteroatoms. The van der Waals surface area contributed by atoms with Crippen LogP contribution in [0.5, 0.6) is 0 Å². The first-order valence-corrected chi connectivity index (χ1v) is 11.3. The number of carboxylic acid groups (broad SMARTS) is 1. The van der Waals surface area contributed by atoms with Crippen LogP contribution in [0, 0.1) is 23.6 Å². The van der Waals surface area contributed by atoms with E-state index in [1.807, 2.05) is 0 Å². The van der Waals surface area contributed by atoms with Gasteiger partial charge < -0.3 is 5.11 Å². The SMILES string of the molecule is C=C(C)C#C[C@H](c1ccc(C(F)(F)F)cc1)N1CC[C@@H](CC(=O)O)C[C@H]1c1ccc(C(F)(F)F)cc1F. The fraction of sp³-hybridized carbons (Fsp3) is 0.370. The first-order chi connectivity index (χ1) is 17.2. The van der Waals surface area contributed by atoms with Crippen molar-refractivity contribution in [3.05, 3.63) is 82.7 Å². The highest BCUT2D eigenvalue weighted by atomic mass is 19.4. The number of likely N-dealkylation sites (tertiary alicyclic amines) is 1. The highest BCUT2D eigenvalue weighted by Crippen LogP contribution is 2.43. The topological polar surface area (TPSA) is 40.5 Å². The van der Waals surface area contributed by atoms with Crippen LogP contribution in [-0.4, -0.2) is 22.5 Å². The summed E-state index contributed by atoms with van der Waals surface area (Å²) in [5, 5.41) is 9.26. The molecular weight excluding hydrogens is 503 g/mol. The third kappa shape index (κ3) is 7.13. The van der Waals surface area contributed by atoms with E-state index >= 15 is 4.39 Å². The summed E-state index contributed by atoms with van der Waals surface area (Å²) in [6.07, 6.45) is -9.04. The van der Waals surface area contributed by atoms with Gasteiger partial charge in [0.1, 0.15) is 5.82 Å². The molecule has 1 heterocycles. The minimum Gasteiger partial charge on any atom is -0.481 e. The van der Waals surface area contributed by atoms with E-state index in [0.717, 1.165) is 24.3 Å². The summed E-state index contributed by atoms with van der Waals surface area (Å²) in [5.41, 5.74) is -1.27. The number of hydrogen-bond donors (Lipinski definition) is 1. The second-order valence-electron chi connectivity index (χ2n) is 9.05. The van der Waals surface area contributed by atoms with Crippen molar-refractivity contribution in [3.63, 3.8) is 0 Å². The normalized spacial score (nSPS) is 19.6. The molecule has 3 rings (SSSR count). The van der Waals surface area contributed by atoms with Crippen molar-refractivity contribution >= 4 is 5.97 Å². The van der Waals surface area contributed by atoms with Crippen molar-refractivity contribution < 1.29 is 40.6 Å². The van der Waals surface area contributed by atoms with Crippen LogP contribution >= 0.6 is 0 Å². The summed E-state index contributed by atoms with van der Waals surface area (Å²) in [7, 11) is 0. The van der Waals surface area contributed by atoms with Crippen molar-refractivity contribution in [1.82, 2.24) is 4.90 Å². The van der Waals surface area contributed by atoms with Crippen LogP contribution in [0.15, 0.2) is 54.6 Å². The minimum atomic E-state index is -4.76. The fourth-order valence-corrected chi connectivity index (χ4v) is 4.48. The Morgan fingerprint density at radius 3 is 2.19 bits per heavy atom. The summed E-state index contributed by atoms with van der Waals surface area (Å²) in [6.45, 7) is 5.53. The molecule has 1 N–H and O–H groups in total. The number of aliphatic carboxylic acids is 1. The number of carbonyl (C=O) groups is 1. The second kappa shape index (κ2) is 11.0. The number of carboxylic acids is 1. The maximum Gasteiger partial charge on any atom is 0.416 e. The molecule has 0 unspecified atom stereocenters. The van der Waals surface area contributed by atoms with Gasteiger partial charge in [0.05, 0.1) is 17.2 Å². The molecule has 2 aromatic carbocycles. The Morgan fingerprint density at radius 1 is 1.08 bits per heavy atom. The van der Waals surface area contributed by atoms with Crippen LogP contribution in [0.4, 0.5) is 30.7 Å².